The number of anilines is 2. The van der Waals surface area contributed by atoms with Crippen LogP contribution in [0, 0.1) is 18.8 Å². The van der Waals surface area contributed by atoms with Crippen LogP contribution in [0.2, 0.25) is 5.02 Å². The summed E-state index contributed by atoms with van der Waals surface area (Å²) in [6, 6.07) is 9.98. The van der Waals surface area contributed by atoms with Crippen LogP contribution < -0.4 is 20.9 Å². The molecule has 0 bridgehead atoms. The monoisotopic (exact) mass is 941 g/mol. The maximum absolute atomic E-state index is 14.1. The third-order valence-electron chi connectivity index (χ3n) is 13.6. The van der Waals surface area contributed by atoms with Gasteiger partial charge in [-0.25, -0.2) is 19.6 Å². The minimum atomic E-state index is -0.817. The highest BCUT2D eigenvalue weighted by molar-refractivity contribution is 7.99. The Bertz CT molecular complexity index is 2280. The van der Waals surface area contributed by atoms with Crippen molar-refractivity contribution in [3.05, 3.63) is 77.5 Å². The van der Waals surface area contributed by atoms with Crippen molar-refractivity contribution in [3.63, 3.8) is 0 Å². The number of amides is 3. The lowest BCUT2D eigenvalue weighted by atomic mass is 9.91. The number of hydrogen-bond acceptors (Lipinski definition) is 14. The van der Waals surface area contributed by atoms with E-state index in [0.29, 0.717) is 49.9 Å². The smallest absolute Gasteiger partial charge is 0.248 e. The number of aromatic nitrogens is 6. The average Bonchev–Trinajstić information content (AvgIpc) is 3.93. The van der Waals surface area contributed by atoms with Crippen molar-refractivity contribution in [1.29, 1.82) is 0 Å². The first-order valence-corrected chi connectivity index (χ1v) is 24.6. The van der Waals surface area contributed by atoms with Gasteiger partial charge < -0.3 is 35.8 Å². The van der Waals surface area contributed by atoms with Crippen molar-refractivity contribution in [3.8, 4) is 0 Å². The van der Waals surface area contributed by atoms with Gasteiger partial charge >= 0.3 is 0 Å². The summed E-state index contributed by atoms with van der Waals surface area (Å²) in [4.78, 5) is 67.1. The molecule has 4 aliphatic heterocycles. The molecule has 3 amide bonds. The Labute approximate surface area is 396 Å². The van der Waals surface area contributed by atoms with E-state index in [4.69, 9.17) is 17.3 Å². The minimum absolute atomic E-state index is 0.0641. The van der Waals surface area contributed by atoms with E-state index in [1.165, 1.54) is 16.7 Å². The molecule has 0 unspecified atom stereocenters. The van der Waals surface area contributed by atoms with Crippen molar-refractivity contribution in [2.45, 2.75) is 106 Å². The average molecular weight is 943 g/mol. The number of carbonyl (C=O) groups is 3. The number of halogens is 1. The number of carbonyl (C=O) groups excluding carboxylic acids is 3. The number of aliphatic hydroxyl groups excluding tert-OH is 1. The predicted molar refractivity (Wildman–Crippen MR) is 254 cm³/mol. The summed E-state index contributed by atoms with van der Waals surface area (Å²) in [7, 11) is 0. The normalized spacial score (nSPS) is 21.6. The first-order chi connectivity index (χ1) is 31.7. The second kappa shape index (κ2) is 21.0. The van der Waals surface area contributed by atoms with E-state index in [2.05, 4.69) is 52.2 Å². The van der Waals surface area contributed by atoms with Gasteiger partial charge in [-0.15, -0.1) is 5.10 Å². The van der Waals surface area contributed by atoms with Crippen LogP contribution in [0.15, 0.2) is 71.1 Å². The zero-order chi connectivity index (χ0) is 46.5. The maximum atomic E-state index is 14.1. The number of nitrogens with zero attached hydrogens (tertiary/aromatic N) is 11. The topological polar surface area (TPSA) is 195 Å². The number of likely N-dealkylation sites (tertiary alicyclic amines) is 1. The zero-order valence-electron chi connectivity index (χ0n) is 38.5. The Morgan fingerprint density at radius 1 is 0.955 bits per heavy atom. The number of pyridine rings is 1. The van der Waals surface area contributed by atoms with E-state index in [1.54, 1.807) is 23.3 Å². The molecule has 0 saturated carbocycles. The Kier molecular flexibility index (Phi) is 15.1. The lowest BCUT2D eigenvalue weighted by Crippen LogP contribution is -2.52. The molecule has 4 atom stereocenters. The van der Waals surface area contributed by atoms with E-state index in [9.17, 15) is 19.5 Å². The SMILES string of the molecule is Cc1cn([C@H](C(=O)N2C[C@H](O)C[C@H]2C(=O)N[C@@H](CCN2CCN(C(=O)C3CCN(c4nccc(Sc5cnc(N6CCC(C)(N)CC6)cn5)c4Cl)CC3)CC2)c2ccccc2)C(C)C)nn1. The van der Waals surface area contributed by atoms with Crippen LogP contribution in [-0.2, 0) is 14.4 Å². The Morgan fingerprint density at radius 2 is 1.68 bits per heavy atom. The molecule has 4 aliphatic rings. The highest BCUT2D eigenvalue weighted by Crippen LogP contribution is 2.38. The zero-order valence-corrected chi connectivity index (χ0v) is 40.1. The van der Waals surface area contributed by atoms with Crippen molar-refractivity contribution in [2.24, 2.45) is 17.6 Å². The van der Waals surface area contributed by atoms with Crippen molar-refractivity contribution in [1.82, 2.24) is 50.0 Å². The second-order valence-corrected chi connectivity index (χ2v) is 20.5. The molecule has 4 fully saturated rings. The molecule has 354 valence electrons. The van der Waals surface area contributed by atoms with Gasteiger partial charge in [0.05, 0.1) is 35.3 Å². The molecule has 66 heavy (non-hydrogen) atoms. The molecule has 3 aromatic heterocycles. The number of benzene rings is 1. The highest BCUT2D eigenvalue weighted by Gasteiger charge is 2.43. The van der Waals surface area contributed by atoms with Crippen molar-refractivity contribution in [2.75, 3.05) is 75.2 Å². The lowest BCUT2D eigenvalue weighted by Gasteiger charge is -2.39. The molecule has 0 aliphatic carbocycles. The Morgan fingerprint density at radius 3 is 2.33 bits per heavy atom. The van der Waals surface area contributed by atoms with Gasteiger partial charge in [0, 0.05) is 101 Å². The summed E-state index contributed by atoms with van der Waals surface area (Å²) < 4.78 is 1.56. The molecule has 0 radical (unpaired) electrons. The van der Waals surface area contributed by atoms with Crippen molar-refractivity contribution >= 4 is 52.7 Å². The van der Waals surface area contributed by atoms with E-state index < -0.39 is 18.2 Å². The number of piperazine rings is 1. The molecule has 1 aromatic carbocycles. The quantitative estimate of drug-likeness (QED) is 0.161. The first-order valence-electron chi connectivity index (χ1n) is 23.4. The molecule has 0 spiro atoms. The van der Waals surface area contributed by atoms with E-state index in [0.717, 1.165) is 79.0 Å². The number of nitrogens with one attached hydrogen (secondary N) is 1. The fraction of sp³-hybridized carbons (Fsp3) is 0.574. The molecular formula is C47H64ClN13O4S. The summed E-state index contributed by atoms with van der Waals surface area (Å²) in [5, 5.41) is 23.6. The first kappa shape index (κ1) is 47.6. The fourth-order valence-corrected chi connectivity index (χ4v) is 10.7. The Hall–Kier alpha value is -4.88. The minimum Gasteiger partial charge on any atom is -0.391 e. The number of hydrogen-bond donors (Lipinski definition) is 3. The number of aryl methyl sites for hydroxylation is 1. The molecule has 4 saturated heterocycles. The van der Waals surface area contributed by atoms with Gasteiger partial charge in [-0.2, -0.15) is 0 Å². The van der Waals surface area contributed by atoms with Gasteiger partial charge in [0.15, 0.2) is 0 Å². The van der Waals surface area contributed by atoms with E-state index >= 15 is 0 Å². The largest absolute Gasteiger partial charge is 0.391 e. The van der Waals surface area contributed by atoms with Gasteiger partial charge in [0.1, 0.15) is 28.7 Å². The van der Waals surface area contributed by atoms with Crippen LogP contribution in [0.3, 0.4) is 0 Å². The van der Waals surface area contributed by atoms with Crippen LogP contribution >= 0.6 is 23.4 Å². The molecule has 7 heterocycles. The van der Waals surface area contributed by atoms with Gasteiger partial charge in [0.2, 0.25) is 17.7 Å². The number of β-amino-alcohol motifs (C(OH)–C–C–N with tert-alkyl or cyclic N) is 1. The molecule has 4 aromatic rings. The Balaban J connectivity index is 0.812. The van der Waals surface area contributed by atoms with Gasteiger partial charge in [-0.3, -0.25) is 19.3 Å². The summed E-state index contributed by atoms with van der Waals surface area (Å²) in [6.07, 6.45) is 10.4. The second-order valence-electron chi connectivity index (χ2n) is 19.0. The summed E-state index contributed by atoms with van der Waals surface area (Å²) in [5.41, 5.74) is 7.85. The third-order valence-corrected chi connectivity index (χ3v) is 15.1. The molecule has 19 heteroatoms. The molecular weight excluding hydrogens is 878 g/mol. The standard InChI is InChI=1S/C47H64ClN13O4S/c1-31(2)42(61-29-32(3)54-55-61)46(65)60-30-35(62)26-37(60)44(63)53-36(33-8-6-5-7-9-33)13-17-56-22-24-59(25-23-56)45(64)34-11-18-58(19-12-34)43-41(48)38(10-16-50-43)66-40-28-51-39(27-52-40)57-20-14-47(4,49)15-21-57/h5-10,16,27-29,31,34-37,42,62H,11-15,17-26,30,49H2,1-4H3,(H,53,63)/t35-,36+,37+,42+/m1/s1. The van der Waals surface area contributed by atoms with Crippen LogP contribution in [0.5, 0.6) is 0 Å². The third kappa shape index (κ3) is 11.3. The summed E-state index contributed by atoms with van der Waals surface area (Å²) in [5.74, 6) is 1.05. The van der Waals surface area contributed by atoms with Gasteiger partial charge in [-0.05, 0) is 63.5 Å². The summed E-state index contributed by atoms with van der Waals surface area (Å²) >= 11 is 8.45. The van der Waals surface area contributed by atoms with Crippen molar-refractivity contribution < 1.29 is 19.5 Å². The van der Waals surface area contributed by atoms with Gasteiger partial charge in [0.25, 0.3) is 0 Å². The maximum Gasteiger partial charge on any atom is 0.248 e. The predicted octanol–water partition coefficient (Wildman–Crippen LogP) is 4.36. The van der Waals surface area contributed by atoms with E-state index in [-0.39, 0.29) is 54.1 Å². The fourth-order valence-electron chi connectivity index (χ4n) is 9.66. The number of nitrogens with two attached hydrogens (primary N) is 1. The highest BCUT2D eigenvalue weighted by atomic mass is 35.5. The van der Waals surface area contributed by atoms with Crippen LogP contribution in [-0.4, -0.2) is 151 Å². The number of piperidine rings is 2. The lowest BCUT2D eigenvalue weighted by molar-refractivity contribution is -0.142. The van der Waals surface area contributed by atoms with Gasteiger partial charge in [-0.1, -0.05) is 72.8 Å². The van der Waals surface area contributed by atoms with Crippen LogP contribution in [0.1, 0.15) is 82.6 Å². The molecule has 8 rings (SSSR count). The van der Waals surface area contributed by atoms with E-state index in [1.807, 2.05) is 68.3 Å². The number of rotatable bonds is 14. The summed E-state index contributed by atoms with van der Waals surface area (Å²) in [6.45, 7) is 14.4. The molecule has 4 N–H and O–H groups in total. The van der Waals surface area contributed by atoms with Crippen LogP contribution in [0.25, 0.3) is 0 Å². The number of aliphatic hydroxyl groups is 1. The molecule has 17 nitrogen and oxygen atoms in total. The van der Waals surface area contributed by atoms with Crippen LogP contribution in [0.4, 0.5) is 11.6 Å².